The number of aromatic amines is 1. The Kier molecular flexibility index (Phi) is 6.20. The average molecular weight is 426 g/mol. The maximum absolute atomic E-state index is 12.5. The first kappa shape index (κ1) is 20.5. The molecule has 0 amide bonds. The molecule has 3 N–H and O–H groups in total. The van der Waals surface area contributed by atoms with Gasteiger partial charge in [-0.1, -0.05) is 23.7 Å². The molecule has 2 heterocycles. The van der Waals surface area contributed by atoms with Crippen LogP contribution in [-0.4, -0.2) is 39.1 Å². The lowest BCUT2D eigenvalue weighted by Gasteiger charge is -2.15. The highest BCUT2D eigenvalue weighted by atomic mass is 35.5. The molecule has 9 nitrogen and oxygen atoms in total. The molecule has 0 bridgehead atoms. The highest BCUT2D eigenvalue weighted by molar-refractivity contribution is 7.57. The number of ether oxygens (including phenoxy) is 1. The van der Waals surface area contributed by atoms with Crippen molar-refractivity contribution >= 4 is 36.1 Å². The molecule has 0 aliphatic carbocycles. The summed E-state index contributed by atoms with van der Waals surface area (Å²) in [6.07, 6.45) is 1.45. The highest BCUT2D eigenvalue weighted by Crippen LogP contribution is 2.43. The van der Waals surface area contributed by atoms with E-state index >= 15 is 0 Å². The van der Waals surface area contributed by atoms with Gasteiger partial charge >= 0.3 is 0 Å². The number of hydrogen-bond acceptors (Lipinski definition) is 7. The summed E-state index contributed by atoms with van der Waals surface area (Å²) >= 11 is 6.08. The number of nitrogens with two attached hydrogens (primary N) is 1. The Morgan fingerprint density at radius 1 is 1.39 bits per heavy atom. The standard InChI is InChI=1S/C17H21ClN5O4P/c1-11-3-4-12(7-13(11)18)8-27-28(2,25)10-26-6-5-23-9-20-14-15(23)21-17(19)22-16(14)24/h3-4,7,9H,5-6,8,10H2,1-2H3,(H3,19,21,22,24). The molecule has 150 valence electrons. The fourth-order valence-corrected chi connectivity index (χ4v) is 3.66. The summed E-state index contributed by atoms with van der Waals surface area (Å²) in [5, 5.41) is 0.643. The molecule has 0 aliphatic rings. The van der Waals surface area contributed by atoms with Crippen molar-refractivity contribution in [1.29, 1.82) is 0 Å². The Morgan fingerprint density at radius 2 is 2.18 bits per heavy atom. The number of nitrogen functional groups attached to an aromatic ring is 1. The summed E-state index contributed by atoms with van der Waals surface area (Å²) < 4.78 is 25.2. The molecule has 0 aliphatic heterocycles. The van der Waals surface area contributed by atoms with Crippen molar-refractivity contribution in [3.05, 3.63) is 51.0 Å². The number of fused-ring (bicyclic) bond motifs is 1. The Balaban J connectivity index is 1.51. The largest absolute Gasteiger partial charge is 0.370 e. The second-order valence-corrected chi connectivity index (χ2v) is 9.42. The molecular weight excluding hydrogens is 405 g/mol. The van der Waals surface area contributed by atoms with Crippen LogP contribution in [0.3, 0.4) is 0 Å². The van der Waals surface area contributed by atoms with E-state index in [-0.39, 0.29) is 31.0 Å². The van der Waals surface area contributed by atoms with Gasteiger partial charge < -0.3 is 19.6 Å². The third-order valence-corrected chi connectivity index (χ3v) is 5.77. The van der Waals surface area contributed by atoms with E-state index in [9.17, 15) is 9.36 Å². The Morgan fingerprint density at radius 3 is 2.93 bits per heavy atom. The SMILES string of the molecule is Cc1ccc(COP(C)(=O)COCCn2cnc3c(=O)[nH]c(N)nc32)cc1Cl. The van der Waals surface area contributed by atoms with Crippen LogP contribution in [0.5, 0.6) is 0 Å². The molecule has 3 rings (SSSR count). The number of H-pyrrole nitrogens is 1. The van der Waals surface area contributed by atoms with Gasteiger partial charge in [0.2, 0.25) is 13.3 Å². The van der Waals surface area contributed by atoms with E-state index in [0.29, 0.717) is 17.2 Å². The van der Waals surface area contributed by atoms with E-state index in [4.69, 9.17) is 26.6 Å². The molecule has 11 heteroatoms. The molecule has 2 aromatic heterocycles. The van der Waals surface area contributed by atoms with Crippen molar-refractivity contribution < 1.29 is 13.8 Å². The van der Waals surface area contributed by atoms with Crippen molar-refractivity contribution in [2.45, 2.75) is 20.1 Å². The molecule has 1 atom stereocenters. The van der Waals surface area contributed by atoms with Crippen LogP contribution < -0.4 is 11.3 Å². The van der Waals surface area contributed by atoms with E-state index in [2.05, 4.69) is 15.0 Å². The van der Waals surface area contributed by atoms with Gasteiger partial charge in [0.05, 0.1) is 19.5 Å². The maximum Gasteiger partial charge on any atom is 0.280 e. The molecule has 3 aromatic rings. The first-order valence-electron chi connectivity index (χ1n) is 8.50. The zero-order chi connectivity index (χ0) is 20.3. The van der Waals surface area contributed by atoms with Crippen molar-refractivity contribution in [2.75, 3.05) is 25.4 Å². The second kappa shape index (κ2) is 8.45. The number of nitrogens with one attached hydrogen (secondary N) is 1. The quantitative estimate of drug-likeness (QED) is 0.420. The number of halogens is 1. The fraction of sp³-hybridized carbons (Fsp3) is 0.353. The van der Waals surface area contributed by atoms with Gasteiger partial charge in [0.15, 0.2) is 11.2 Å². The van der Waals surface area contributed by atoms with Crippen molar-refractivity contribution in [3.8, 4) is 0 Å². The molecule has 0 spiro atoms. The minimum atomic E-state index is -2.94. The zero-order valence-corrected chi connectivity index (χ0v) is 17.2. The molecule has 0 fully saturated rings. The lowest BCUT2D eigenvalue weighted by atomic mass is 10.2. The van der Waals surface area contributed by atoms with E-state index in [1.54, 1.807) is 10.6 Å². The summed E-state index contributed by atoms with van der Waals surface area (Å²) in [6, 6.07) is 5.56. The molecule has 0 saturated heterocycles. The van der Waals surface area contributed by atoms with Gasteiger partial charge in [-0.05, 0) is 24.1 Å². The smallest absolute Gasteiger partial charge is 0.280 e. The first-order valence-corrected chi connectivity index (χ1v) is 11.1. The van der Waals surface area contributed by atoms with E-state index < -0.39 is 12.9 Å². The van der Waals surface area contributed by atoms with Gasteiger partial charge in [-0.3, -0.25) is 14.3 Å². The molecule has 28 heavy (non-hydrogen) atoms. The summed E-state index contributed by atoms with van der Waals surface area (Å²) in [5.41, 5.74) is 7.56. The maximum atomic E-state index is 12.5. The van der Waals surface area contributed by atoms with Crippen LogP contribution in [0.15, 0.2) is 29.3 Å². The monoisotopic (exact) mass is 425 g/mol. The van der Waals surface area contributed by atoms with Gasteiger partial charge in [0, 0.05) is 18.2 Å². The lowest BCUT2D eigenvalue weighted by molar-refractivity contribution is 0.153. The van der Waals surface area contributed by atoms with Gasteiger partial charge in [-0.15, -0.1) is 0 Å². The normalized spacial score (nSPS) is 13.7. The predicted octanol–water partition coefficient (Wildman–Crippen LogP) is 2.76. The fourth-order valence-electron chi connectivity index (χ4n) is 2.50. The van der Waals surface area contributed by atoms with Crippen LogP contribution in [-0.2, 0) is 27.0 Å². The highest BCUT2D eigenvalue weighted by Gasteiger charge is 2.17. The number of hydrogen-bond donors (Lipinski definition) is 2. The number of nitrogens with zero attached hydrogens (tertiary/aromatic N) is 3. The summed E-state index contributed by atoms with van der Waals surface area (Å²) in [6.45, 7) is 4.25. The third-order valence-electron chi connectivity index (χ3n) is 4.04. The van der Waals surface area contributed by atoms with Gasteiger partial charge in [-0.25, -0.2) is 4.98 Å². The number of aromatic nitrogens is 4. The summed E-state index contributed by atoms with van der Waals surface area (Å²) in [7, 11) is -2.94. The van der Waals surface area contributed by atoms with E-state index in [0.717, 1.165) is 11.1 Å². The Hall–Kier alpha value is -2.19. The minimum Gasteiger partial charge on any atom is -0.370 e. The number of anilines is 1. The Bertz CT molecular complexity index is 1100. The molecular formula is C17H21ClN5O4P. The molecule has 0 saturated carbocycles. The minimum absolute atomic E-state index is 0.0165. The van der Waals surface area contributed by atoms with Crippen LogP contribution in [0.25, 0.3) is 11.2 Å². The van der Waals surface area contributed by atoms with E-state index in [1.807, 2.05) is 19.1 Å². The predicted molar refractivity (Wildman–Crippen MR) is 108 cm³/mol. The number of benzene rings is 1. The summed E-state index contributed by atoms with van der Waals surface area (Å²) in [5.74, 6) is 0.0165. The average Bonchev–Trinajstić information content (AvgIpc) is 3.03. The molecule has 0 radical (unpaired) electrons. The number of rotatable bonds is 8. The van der Waals surface area contributed by atoms with Crippen LogP contribution in [0, 0.1) is 6.92 Å². The second-order valence-electron chi connectivity index (χ2n) is 6.47. The van der Waals surface area contributed by atoms with Crippen LogP contribution in [0.4, 0.5) is 5.95 Å². The van der Waals surface area contributed by atoms with Crippen LogP contribution in [0.1, 0.15) is 11.1 Å². The lowest BCUT2D eigenvalue weighted by Crippen LogP contribution is -2.13. The van der Waals surface area contributed by atoms with Crippen LogP contribution >= 0.6 is 19.0 Å². The van der Waals surface area contributed by atoms with Gasteiger partial charge in [-0.2, -0.15) is 4.98 Å². The van der Waals surface area contributed by atoms with Gasteiger partial charge in [0.1, 0.15) is 6.35 Å². The first-order chi connectivity index (χ1) is 13.2. The third kappa shape index (κ3) is 4.99. The van der Waals surface area contributed by atoms with Crippen molar-refractivity contribution in [2.24, 2.45) is 0 Å². The zero-order valence-electron chi connectivity index (χ0n) is 15.5. The van der Waals surface area contributed by atoms with Gasteiger partial charge in [0.25, 0.3) is 5.56 Å². The van der Waals surface area contributed by atoms with Crippen LogP contribution in [0.2, 0.25) is 5.02 Å². The number of aryl methyl sites for hydroxylation is 1. The molecule has 1 unspecified atom stereocenters. The number of imidazole rings is 1. The van der Waals surface area contributed by atoms with Crippen molar-refractivity contribution in [3.63, 3.8) is 0 Å². The summed E-state index contributed by atoms with van der Waals surface area (Å²) in [4.78, 5) is 22.2. The van der Waals surface area contributed by atoms with E-state index in [1.165, 1.54) is 13.0 Å². The topological polar surface area (TPSA) is 125 Å². The van der Waals surface area contributed by atoms with Crippen molar-refractivity contribution in [1.82, 2.24) is 19.5 Å². The molecule has 1 aromatic carbocycles. The Labute approximate surface area is 166 Å².